The van der Waals surface area contributed by atoms with Gasteiger partial charge in [-0.3, -0.25) is 0 Å². The number of nitrogens with zero attached hydrogens (tertiary/aromatic N) is 1. The third kappa shape index (κ3) is 1.34. The van der Waals surface area contributed by atoms with Crippen LogP contribution in [0.15, 0.2) is 33.8 Å². The molecule has 0 saturated heterocycles. The van der Waals surface area contributed by atoms with Gasteiger partial charge < -0.3 is 0 Å². The molecule has 0 spiro atoms. The van der Waals surface area contributed by atoms with Crippen LogP contribution in [0.5, 0.6) is 0 Å². The molecule has 0 unspecified atom stereocenters. The van der Waals surface area contributed by atoms with Crippen molar-refractivity contribution in [3.05, 3.63) is 30.3 Å². The van der Waals surface area contributed by atoms with Gasteiger partial charge in [-0.25, -0.2) is 0 Å². The van der Waals surface area contributed by atoms with Crippen LogP contribution in [0.25, 0.3) is 0 Å². The molecule has 1 aromatic rings. The molecule has 2 heteroatoms. The summed E-state index contributed by atoms with van der Waals surface area (Å²) in [5, 5.41) is 0. The number of rotatable bonds is 1. The molecule has 0 heterocycles. The molecular formula is C6H5NW. The topological polar surface area (TPSA) is 12.4 Å². The van der Waals surface area contributed by atoms with Crippen LogP contribution in [0, 0.1) is 0 Å². The van der Waals surface area contributed by atoms with E-state index in [4.69, 9.17) is 0 Å². The molecule has 0 aliphatic rings. The number of hydrogen-bond acceptors (Lipinski definition) is 1. The van der Waals surface area contributed by atoms with E-state index in [1.807, 2.05) is 30.3 Å². The van der Waals surface area contributed by atoms with E-state index in [0.29, 0.717) is 0 Å². The van der Waals surface area contributed by atoms with Gasteiger partial charge in [0, 0.05) is 0 Å². The Morgan fingerprint density at radius 3 is 2.12 bits per heavy atom. The van der Waals surface area contributed by atoms with Gasteiger partial charge in [-0.1, -0.05) is 0 Å². The van der Waals surface area contributed by atoms with Gasteiger partial charge in [0.15, 0.2) is 0 Å². The second kappa shape index (κ2) is 2.88. The van der Waals surface area contributed by atoms with Gasteiger partial charge in [0.2, 0.25) is 0 Å². The van der Waals surface area contributed by atoms with E-state index >= 15 is 0 Å². The van der Waals surface area contributed by atoms with Crippen LogP contribution in [0.2, 0.25) is 0 Å². The fourth-order valence-corrected chi connectivity index (χ4v) is 0.926. The Morgan fingerprint density at radius 2 is 1.75 bits per heavy atom. The summed E-state index contributed by atoms with van der Waals surface area (Å²) < 4.78 is 4.05. The molecule has 0 saturated carbocycles. The first-order chi connectivity index (χ1) is 3.93. The molecule has 0 atom stereocenters. The summed E-state index contributed by atoms with van der Waals surface area (Å²) >= 11 is 1.26. The standard InChI is InChI=1S/C6H5N.W/c7-6-4-2-1-3-5-6;/h1-5H;. The minimum atomic E-state index is 1.07. The van der Waals surface area contributed by atoms with E-state index in [9.17, 15) is 0 Å². The first-order valence-electron chi connectivity index (χ1n) is 2.32. The summed E-state index contributed by atoms with van der Waals surface area (Å²) in [6, 6.07) is 9.95. The van der Waals surface area contributed by atoms with Crippen molar-refractivity contribution in [3.8, 4) is 0 Å². The van der Waals surface area contributed by atoms with Crippen molar-refractivity contribution in [2.24, 2.45) is 3.50 Å². The average molecular weight is 275 g/mol. The van der Waals surface area contributed by atoms with Crippen molar-refractivity contribution in [1.29, 1.82) is 0 Å². The van der Waals surface area contributed by atoms with E-state index in [2.05, 4.69) is 3.50 Å². The molecule has 8 heavy (non-hydrogen) atoms. The van der Waals surface area contributed by atoms with Gasteiger partial charge in [0.1, 0.15) is 0 Å². The molecule has 1 aromatic carbocycles. The summed E-state index contributed by atoms with van der Waals surface area (Å²) in [4.78, 5) is 0. The second-order valence-corrected chi connectivity index (χ2v) is 2.08. The summed E-state index contributed by atoms with van der Waals surface area (Å²) in [6.07, 6.45) is 0. The normalized spacial score (nSPS) is 8.50. The van der Waals surface area contributed by atoms with Crippen molar-refractivity contribution >= 4 is 5.69 Å². The molecular weight excluding hydrogens is 270 g/mol. The van der Waals surface area contributed by atoms with Crippen LogP contribution in [-0.2, 0) is 19.6 Å². The molecule has 0 bridgehead atoms. The second-order valence-electron chi connectivity index (χ2n) is 1.43. The molecule has 0 fully saturated rings. The fourth-order valence-electron chi connectivity index (χ4n) is 0.489. The molecule has 0 amide bonds. The van der Waals surface area contributed by atoms with Crippen LogP contribution >= 0.6 is 0 Å². The number of benzene rings is 1. The summed E-state index contributed by atoms with van der Waals surface area (Å²) in [5.41, 5.74) is 1.07. The average Bonchev–Trinajstić information content (AvgIpc) is 1.90. The monoisotopic (exact) mass is 275 g/mol. The van der Waals surface area contributed by atoms with Crippen molar-refractivity contribution in [2.45, 2.75) is 0 Å². The fraction of sp³-hybridized carbons (Fsp3) is 0. The molecule has 0 N–H and O–H groups in total. The van der Waals surface area contributed by atoms with Gasteiger partial charge in [-0.15, -0.1) is 0 Å². The van der Waals surface area contributed by atoms with Crippen LogP contribution in [-0.4, -0.2) is 0 Å². The van der Waals surface area contributed by atoms with Gasteiger partial charge in [0.05, 0.1) is 0 Å². The van der Waals surface area contributed by atoms with Gasteiger partial charge in [-0.05, 0) is 0 Å². The Labute approximate surface area is 59.5 Å². The summed E-state index contributed by atoms with van der Waals surface area (Å²) in [5.74, 6) is 0. The molecule has 1 rings (SSSR count). The third-order valence-corrected chi connectivity index (χ3v) is 1.62. The van der Waals surface area contributed by atoms with Crippen molar-refractivity contribution in [1.82, 2.24) is 0 Å². The molecule has 0 radical (unpaired) electrons. The Bertz CT molecular complexity index is 171. The van der Waals surface area contributed by atoms with Crippen LogP contribution in [0.1, 0.15) is 0 Å². The first kappa shape index (κ1) is 5.84. The maximum atomic E-state index is 4.05. The van der Waals surface area contributed by atoms with Gasteiger partial charge >= 0.3 is 59.1 Å². The zero-order valence-electron chi connectivity index (χ0n) is 4.24. The zero-order chi connectivity index (χ0) is 5.82. The van der Waals surface area contributed by atoms with Crippen molar-refractivity contribution < 1.29 is 19.6 Å². The Morgan fingerprint density at radius 1 is 1.12 bits per heavy atom. The Hall–Kier alpha value is -0.292. The third-order valence-electron chi connectivity index (χ3n) is 0.862. The predicted octanol–water partition coefficient (Wildman–Crippen LogP) is 2.05. The van der Waals surface area contributed by atoms with E-state index in [-0.39, 0.29) is 0 Å². The maximum absolute atomic E-state index is 4.05. The van der Waals surface area contributed by atoms with Crippen LogP contribution in [0.3, 0.4) is 0 Å². The quantitative estimate of drug-likeness (QED) is 0.743. The Kier molecular flexibility index (Phi) is 2.10. The van der Waals surface area contributed by atoms with E-state index < -0.39 is 0 Å². The minimum absolute atomic E-state index is 1.07. The van der Waals surface area contributed by atoms with E-state index in [1.165, 1.54) is 19.6 Å². The molecule has 1 nitrogen and oxygen atoms in total. The number of hydrogen-bond donors (Lipinski definition) is 0. The summed E-state index contributed by atoms with van der Waals surface area (Å²) in [6.45, 7) is 0. The van der Waals surface area contributed by atoms with Crippen LogP contribution < -0.4 is 0 Å². The van der Waals surface area contributed by atoms with Crippen LogP contribution in [0.4, 0.5) is 5.69 Å². The Balaban J connectivity index is 2.99. The van der Waals surface area contributed by atoms with Gasteiger partial charge in [-0.2, -0.15) is 0 Å². The summed E-state index contributed by atoms with van der Waals surface area (Å²) in [7, 11) is 0. The zero-order valence-corrected chi connectivity index (χ0v) is 7.18. The molecule has 0 aliphatic heterocycles. The van der Waals surface area contributed by atoms with Crippen molar-refractivity contribution in [2.75, 3.05) is 0 Å². The SMILES string of the molecule is [W]=[N]c1ccccc1. The van der Waals surface area contributed by atoms with Gasteiger partial charge in [0.25, 0.3) is 0 Å². The molecule has 40 valence electrons. The molecule has 0 aromatic heterocycles. The first-order valence-corrected chi connectivity index (χ1v) is 3.63. The predicted molar refractivity (Wildman–Crippen MR) is 28.5 cm³/mol. The molecule has 0 aliphatic carbocycles. The van der Waals surface area contributed by atoms with Crippen molar-refractivity contribution in [3.63, 3.8) is 0 Å². The van der Waals surface area contributed by atoms with E-state index in [0.717, 1.165) is 5.69 Å². The van der Waals surface area contributed by atoms with E-state index in [1.54, 1.807) is 0 Å².